The molecule has 0 amide bonds. The normalized spacial score (nSPS) is 12.5. The lowest BCUT2D eigenvalue weighted by Crippen LogP contribution is -2.22. The highest BCUT2D eigenvalue weighted by molar-refractivity contribution is 9.10. The van der Waals surface area contributed by atoms with Gasteiger partial charge in [0.1, 0.15) is 0 Å². The molecule has 0 aliphatic rings. The number of aryl methyl sites for hydroxylation is 2. The van der Waals surface area contributed by atoms with Crippen LogP contribution < -0.4 is 5.32 Å². The number of rotatable bonds is 4. The number of hydrogen-bond acceptors (Lipinski definition) is 1. The Morgan fingerprint density at radius 3 is 2.33 bits per heavy atom. The molecule has 0 aliphatic heterocycles. The first-order valence-electron chi connectivity index (χ1n) is 6.89. The minimum absolute atomic E-state index is 0.0340. The topological polar surface area (TPSA) is 12.0 Å². The van der Waals surface area contributed by atoms with Crippen LogP contribution in [0.25, 0.3) is 0 Å². The van der Waals surface area contributed by atoms with E-state index in [-0.39, 0.29) is 6.04 Å². The first-order valence-corrected chi connectivity index (χ1v) is 8.44. The first-order chi connectivity index (χ1) is 9.95. The molecular weight excluding hydrogens is 369 g/mol. The van der Waals surface area contributed by atoms with Gasteiger partial charge < -0.3 is 5.32 Å². The zero-order chi connectivity index (χ0) is 15.6. The second-order valence-corrected chi connectivity index (χ2v) is 6.68. The SMILES string of the molecule is CCNC(c1cc(C)c(Br)c(C)c1)c1cccc(Cl)c1Cl. The van der Waals surface area contributed by atoms with Crippen molar-refractivity contribution >= 4 is 39.1 Å². The van der Waals surface area contributed by atoms with E-state index >= 15 is 0 Å². The molecule has 21 heavy (non-hydrogen) atoms. The van der Waals surface area contributed by atoms with Gasteiger partial charge in [-0.3, -0.25) is 0 Å². The van der Waals surface area contributed by atoms with Gasteiger partial charge in [-0.1, -0.05) is 70.3 Å². The average Bonchev–Trinajstić information content (AvgIpc) is 2.45. The lowest BCUT2D eigenvalue weighted by molar-refractivity contribution is 0.630. The van der Waals surface area contributed by atoms with Crippen LogP contribution in [0, 0.1) is 13.8 Å². The highest BCUT2D eigenvalue weighted by Crippen LogP contribution is 2.35. The molecule has 1 atom stereocenters. The Hall–Kier alpha value is -0.540. The van der Waals surface area contributed by atoms with E-state index in [9.17, 15) is 0 Å². The molecule has 2 rings (SSSR count). The Kier molecular flexibility index (Phi) is 5.73. The molecule has 1 nitrogen and oxygen atoms in total. The Morgan fingerprint density at radius 2 is 1.76 bits per heavy atom. The molecule has 1 N–H and O–H groups in total. The Morgan fingerprint density at radius 1 is 1.14 bits per heavy atom. The van der Waals surface area contributed by atoms with Crippen LogP contribution in [0.2, 0.25) is 10.0 Å². The van der Waals surface area contributed by atoms with Crippen LogP contribution in [-0.4, -0.2) is 6.54 Å². The van der Waals surface area contributed by atoms with Crippen LogP contribution in [0.15, 0.2) is 34.8 Å². The van der Waals surface area contributed by atoms with Gasteiger partial charge in [-0.25, -0.2) is 0 Å². The minimum Gasteiger partial charge on any atom is -0.306 e. The number of hydrogen-bond donors (Lipinski definition) is 1. The summed E-state index contributed by atoms with van der Waals surface area (Å²) >= 11 is 16.2. The summed E-state index contributed by atoms with van der Waals surface area (Å²) < 4.78 is 1.15. The number of benzene rings is 2. The standard InChI is InChI=1S/C17H18BrCl2N/c1-4-21-17(13-6-5-7-14(19)16(13)20)12-8-10(2)15(18)11(3)9-12/h5-9,17,21H,4H2,1-3H3. The largest absolute Gasteiger partial charge is 0.306 e. The third kappa shape index (κ3) is 3.62. The molecule has 4 heteroatoms. The smallest absolute Gasteiger partial charge is 0.0643 e. The predicted molar refractivity (Wildman–Crippen MR) is 95.6 cm³/mol. The number of nitrogens with one attached hydrogen (secondary N) is 1. The van der Waals surface area contributed by atoms with Gasteiger partial charge in [0.25, 0.3) is 0 Å². The molecule has 0 bridgehead atoms. The second kappa shape index (κ2) is 7.15. The van der Waals surface area contributed by atoms with Crippen molar-refractivity contribution < 1.29 is 0 Å². The molecule has 0 aliphatic carbocycles. The molecule has 112 valence electrons. The molecule has 0 fully saturated rings. The van der Waals surface area contributed by atoms with Gasteiger partial charge >= 0.3 is 0 Å². The fourth-order valence-electron chi connectivity index (χ4n) is 2.50. The molecule has 0 heterocycles. The second-order valence-electron chi connectivity index (χ2n) is 5.10. The van der Waals surface area contributed by atoms with Crippen LogP contribution in [0.3, 0.4) is 0 Å². The van der Waals surface area contributed by atoms with E-state index in [1.165, 1.54) is 16.7 Å². The van der Waals surface area contributed by atoms with Gasteiger partial charge in [-0.15, -0.1) is 0 Å². The minimum atomic E-state index is 0.0340. The first kappa shape index (κ1) is 16.8. The van der Waals surface area contributed by atoms with E-state index in [2.05, 4.69) is 54.2 Å². The van der Waals surface area contributed by atoms with E-state index in [4.69, 9.17) is 23.2 Å². The summed E-state index contributed by atoms with van der Waals surface area (Å²) in [7, 11) is 0. The van der Waals surface area contributed by atoms with E-state index < -0.39 is 0 Å². The highest BCUT2D eigenvalue weighted by atomic mass is 79.9. The van der Waals surface area contributed by atoms with Crippen molar-refractivity contribution in [2.24, 2.45) is 0 Å². The van der Waals surface area contributed by atoms with Gasteiger partial charge in [0.2, 0.25) is 0 Å². The summed E-state index contributed by atoms with van der Waals surface area (Å²) in [6.07, 6.45) is 0. The third-order valence-electron chi connectivity index (χ3n) is 3.49. The molecule has 0 saturated carbocycles. The van der Waals surface area contributed by atoms with Crippen molar-refractivity contribution in [3.8, 4) is 0 Å². The summed E-state index contributed by atoms with van der Waals surface area (Å²) in [5, 5.41) is 4.70. The zero-order valence-corrected chi connectivity index (χ0v) is 15.4. The van der Waals surface area contributed by atoms with Crippen LogP contribution >= 0.6 is 39.1 Å². The van der Waals surface area contributed by atoms with Gasteiger partial charge in [0, 0.05) is 4.47 Å². The van der Waals surface area contributed by atoms with E-state index in [1.54, 1.807) is 0 Å². The van der Waals surface area contributed by atoms with Gasteiger partial charge in [-0.05, 0) is 48.7 Å². The van der Waals surface area contributed by atoms with Crippen molar-refractivity contribution in [3.63, 3.8) is 0 Å². The summed E-state index contributed by atoms with van der Waals surface area (Å²) in [6.45, 7) is 7.14. The van der Waals surface area contributed by atoms with Crippen LogP contribution in [-0.2, 0) is 0 Å². The molecule has 0 saturated heterocycles. The summed E-state index contributed by atoms with van der Waals surface area (Å²) in [4.78, 5) is 0. The average molecular weight is 387 g/mol. The lowest BCUT2D eigenvalue weighted by atomic mass is 9.95. The monoisotopic (exact) mass is 385 g/mol. The van der Waals surface area contributed by atoms with Gasteiger partial charge in [0.15, 0.2) is 0 Å². The maximum Gasteiger partial charge on any atom is 0.0643 e. The lowest BCUT2D eigenvalue weighted by Gasteiger charge is -2.22. The zero-order valence-electron chi connectivity index (χ0n) is 12.3. The van der Waals surface area contributed by atoms with E-state index in [0.29, 0.717) is 10.0 Å². The third-order valence-corrected chi connectivity index (χ3v) is 5.58. The molecule has 2 aromatic carbocycles. The summed E-state index contributed by atoms with van der Waals surface area (Å²) in [6, 6.07) is 10.2. The molecule has 0 aromatic heterocycles. The predicted octanol–water partition coefficient (Wildman–Crippen LogP) is 6.07. The maximum atomic E-state index is 6.40. The molecule has 1 unspecified atom stereocenters. The fraction of sp³-hybridized carbons (Fsp3) is 0.294. The Balaban J connectivity index is 2.56. The molecule has 0 spiro atoms. The van der Waals surface area contributed by atoms with Gasteiger partial charge in [-0.2, -0.15) is 0 Å². The fourth-order valence-corrected chi connectivity index (χ4v) is 3.15. The van der Waals surface area contributed by atoms with Crippen LogP contribution in [0.4, 0.5) is 0 Å². The van der Waals surface area contributed by atoms with Crippen LogP contribution in [0.1, 0.15) is 35.2 Å². The van der Waals surface area contributed by atoms with Gasteiger partial charge in [0.05, 0.1) is 16.1 Å². The van der Waals surface area contributed by atoms with E-state index in [1.807, 2.05) is 18.2 Å². The quantitative estimate of drug-likeness (QED) is 0.672. The summed E-state index contributed by atoms with van der Waals surface area (Å²) in [5.74, 6) is 0. The molecular formula is C17H18BrCl2N. The Bertz CT molecular complexity index is 632. The highest BCUT2D eigenvalue weighted by Gasteiger charge is 2.18. The molecule has 0 radical (unpaired) electrons. The maximum absolute atomic E-state index is 6.40. The van der Waals surface area contributed by atoms with Crippen molar-refractivity contribution in [2.75, 3.05) is 6.54 Å². The van der Waals surface area contributed by atoms with Crippen molar-refractivity contribution in [2.45, 2.75) is 26.8 Å². The summed E-state index contributed by atoms with van der Waals surface area (Å²) in [5.41, 5.74) is 4.63. The van der Waals surface area contributed by atoms with Crippen molar-refractivity contribution in [1.82, 2.24) is 5.32 Å². The molecule has 2 aromatic rings. The number of halogens is 3. The Labute approximate surface area is 144 Å². The van der Waals surface area contributed by atoms with E-state index in [0.717, 1.165) is 16.6 Å². The van der Waals surface area contributed by atoms with Crippen LogP contribution in [0.5, 0.6) is 0 Å². The van der Waals surface area contributed by atoms with Crippen molar-refractivity contribution in [3.05, 3.63) is 67.1 Å². The van der Waals surface area contributed by atoms with Crippen molar-refractivity contribution in [1.29, 1.82) is 0 Å².